The Bertz CT molecular complexity index is 569. The van der Waals surface area contributed by atoms with Crippen LogP contribution in [-0.4, -0.2) is 36.9 Å². The Morgan fingerprint density at radius 1 is 1.30 bits per heavy atom. The number of nitrogens with zero attached hydrogens (tertiary/aromatic N) is 1. The molecule has 20 heavy (non-hydrogen) atoms. The van der Waals surface area contributed by atoms with Gasteiger partial charge in [-0.25, -0.2) is 4.39 Å². The van der Waals surface area contributed by atoms with Gasteiger partial charge in [-0.2, -0.15) is 0 Å². The molecule has 2 atom stereocenters. The van der Waals surface area contributed by atoms with E-state index in [4.69, 9.17) is 0 Å². The van der Waals surface area contributed by atoms with E-state index in [1.54, 1.807) is 18.2 Å². The molecule has 108 valence electrons. The number of likely N-dealkylation sites (tertiary alicyclic amines) is 1. The first-order valence-electron chi connectivity index (χ1n) is 6.76. The number of hydrogen-bond donors (Lipinski definition) is 0. The number of fused-ring (bicyclic) bond motifs is 2. The molecule has 4 heteroatoms. The second-order valence-corrected chi connectivity index (χ2v) is 6.31. The van der Waals surface area contributed by atoms with Crippen molar-refractivity contribution in [2.45, 2.75) is 24.3 Å². The number of rotatable bonds is 1. The monoisotopic (exact) mass is 339 g/mol. The van der Waals surface area contributed by atoms with Gasteiger partial charge in [-0.3, -0.25) is 4.79 Å². The standard InChI is InChI=1S/C16H19FNO.BrH/c1-18(2)10-9-16(11-12(18)7-8-15(16)19)13-5-3-4-6-14(13)17;/h3-8,12H,9-11H2,1-2H3;1H/q+1;/p-1/t12-,16-;/m1./s1. The van der Waals surface area contributed by atoms with Crippen molar-refractivity contribution < 1.29 is 30.6 Å². The first kappa shape index (κ1) is 15.4. The Kier molecular flexibility index (Phi) is 3.91. The van der Waals surface area contributed by atoms with Gasteiger partial charge in [-0.05, 0) is 18.2 Å². The van der Waals surface area contributed by atoms with Gasteiger partial charge in [0.25, 0.3) is 0 Å². The third kappa shape index (κ3) is 2.15. The van der Waals surface area contributed by atoms with Crippen molar-refractivity contribution in [1.29, 1.82) is 0 Å². The van der Waals surface area contributed by atoms with Gasteiger partial charge in [-0.15, -0.1) is 0 Å². The minimum absolute atomic E-state index is 0. The molecule has 1 aliphatic carbocycles. The first-order valence-corrected chi connectivity index (χ1v) is 6.76. The highest BCUT2D eigenvalue weighted by molar-refractivity contribution is 6.00. The topological polar surface area (TPSA) is 17.1 Å². The van der Waals surface area contributed by atoms with E-state index in [2.05, 4.69) is 14.1 Å². The van der Waals surface area contributed by atoms with Crippen LogP contribution in [0.2, 0.25) is 0 Å². The van der Waals surface area contributed by atoms with Gasteiger partial charge in [0.15, 0.2) is 5.78 Å². The van der Waals surface area contributed by atoms with Crippen LogP contribution in [0.5, 0.6) is 0 Å². The number of carbonyl (C=O) groups excluding carboxylic acids is 1. The van der Waals surface area contributed by atoms with E-state index in [1.807, 2.05) is 12.1 Å². The van der Waals surface area contributed by atoms with Crippen LogP contribution < -0.4 is 17.0 Å². The molecule has 1 aliphatic heterocycles. The molecule has 0 radical (unpaired) electrons. The van der Waals surface area contributed by atoms with E-state index in [0.717, 1.165) is 23.9 Å². The lowest BCUT2D eigenvalue weighted by atomic mass is 9.64. The molecule has 1 heterocycles. The molecule has 1 fully saturated rings. The summed E-state index contributed by atoms with van der Waals surface area (Å²) in [7, 11) is 4.35. The predicted molar refractivity (Wildman–Crippen MR) is 72.2 cm³/mol. The summed E-state index contributed by atoms with van der Waals surface area (Å²) < 4.78 is 15.0. The molecule has 2 aliphatic rings. The van der Waals surface area contributed by atoms with E-state index in [1.165, 1.54) is 6.07 Å². The zero-order valence-electron chi connectivity index (χ0n) is 11.8. The summed E-state index contributed by atoms with van der Waals surface area (Å²) in [5, 5.41) is 0. The summed E-state index contributed by atoms with van der Waals surface area (Å²) in [5.41, 5.74) is -0.0625. The van der Waals surface area contributed by atoms with Gasteiger partial charge in [0.1, 0.15) is 11.9 Å². The highest BCUT2D eigenvalue weighted by atomic mass is 79.9. The maximum absolute atomic E-state index is 14.1. The summed E-state index contributed by atoms with van der Waals surface area (Å²) in [6.45, 7) is 0.898. The minimum Gasteiger partial charge on any atom is -1.00 e. The molecule has 2 nitrogen and oxygen atoms in total. The normalized spacial score (nSPS) is 30.8. The quantitative estimate of drug-likeness (QED) is 0.627. The summed E-state index contributed by atoms with van der Waals surface area (Å²) in [5.74, 6) is -0.189. The zero-order valence-corrected chi connectivity index (χ0v) is 13.4. The van der Waals surface area contributed by atoms with Crippen LogP contribution in [0.25, 0.3) is 0 Å². The van der Waals surface area contributed by atoms with Gasteiger partial charge in [0.2, 0.25) is 0 Å². The SMILES string of the molecule is C[N+]1(C)CC[C@]2(c3ccccc3F)C[C@H]1C=CC2=O.[Br-]. The van der Waals surface area contributed by atoms with Crippen molar-refractivity contribution >= 4 is 5.78 Å². The molecule has 1 aromatic carbocycles. The fourth-order valence-electron chi connectivity index (χ4n) is 3.46. The summed E-state index contributed by atoms with van der Waals surface area (Å²) >= 11 is 0. The summed E-state index contributed by atoms with van der Waals surface area (Å²) in [6.07, 6.45) is 5.11. The molecule has 1 aromatic rings. The van der Waals surface area contributed by atoms with E-state index < -0.39 is 5.41 Å². The zero-order chi connectivity index (χ0) is 13.7. The molecule has 1 saturated heterocycles. The lowest BCUT2D eigenvalue weighted by Crippen LogP contribution is -3.00. The lowest BCUT2D eigenvalue weighted by molar-refractivity contribution is -0.914. The predicted octanol–water partition coefficient (Wildman–Crippen LogP) is -0.555. The second-order valence-electron chi connectivity index (χ2n) is 6.31. The Morgan fingerprint density at radius 2 is 2.00 bits per heavy atom. The maximum atomic E-state index is 14.1. The number of piperidine rings is 1. The van der Waals surface area contributed by atoms with Crippen LogP contribution in [0.15, 0.2) is 36.4 Å². The van der Waals surface area contributed by atoms with Gasteiger partial charge < -0.3 is 21.5 Å². The largest absolute Gasteiger partial charge is 1.00 e. The van der Waals surface area contributed by atoms with E-state index in [0.29, 0.717) is 11.6 Å². The average Bonchev–Trinajstić information content (AvgIpc) is 2.38. The Labute approximate surface area is 129 Å². The number of carbonyl (C=O) groups is 1. The van der Waals surface area contributed by atoms with E-state index >= 15 is 0 Å². The van der Waals surface area contributed by atoms with Crippen molar-refractivity contribution in [3.63, 3.8) is 0 Å². The lowest BCUT2D eigenvalue weighted by Gasteiger charge is -2.50. The molecule has 0 spiro atoms. The maximum Gasteiger partial charge on any atom is 0.166 e. The molecular weight excluding hydrogens is 321 g/mol. The molecule has 3 rings (SSSR count). The summed E-state index contributed by atoms with van der Waals surface area (Å²) in [6, 6.07) is 7.03. The number of quaternary nitrogens is 1. The number of halogens is 2. The van der Waals surface area contributed by atoms with Gasteiger partial charge in [-0.1, -0.05) is 18.2 Å². The van der Waals surface area contributed by atoms with Crippen LogP contribution in [-0.2, 0) is 10.2 Å². The number of likely N-dealkylation sites (N-methyl/N-ethyl adjacent to an activating group) is 1. The highest BCUT2D eigenvalue weighted by Gasteiger charge is 2.52. The molecule has 0 N–H and O–H groups in total. The molecule has 2 bridgehead atoms. The average molecular weight is 340 g/mol. The second kappa shape index (κ2) is 5.08. The van der Waals surface area contributed by atoms with E-state index in [-0.39, 0.29) is 28.6 Å². The number of ketones is 1. The number of benzene rings is 1. The molecule has 0 saturated carbocycles. The van der Waals surface area contributed by atoms with Crippen LogP contribution >= 0.6 is 0 Å². The number of hydrogen-bond acceptors (Lipinski definition) is 1. The highest BCUT2D eigenvalue weighted by Crippen LogP contribution is 2.44. The first-order chi connectivity index (χ1) is 8.96. The third-order valence-electron chi connectivity index (χ3n) is 4.90. The van der Waals surface area contributed by atoms with Crippen LogP contribution in [0.1, 0.15) is 18.4 Å². The van der Waals surface area contributed by atoms with E-state index in [9.17, 15) is 9.18 Å². The van der Waals surface area contributed by atoms with Crippen molar-refractivity contribution in [3.8, 4) is 0 Å². The van der Waals surface area contributed by atoms with Crippen molar-refractivity contribution in [2.75, 3.05) is 20.6 Å². The summed E-state index contributed by atoms with van der Waals surface area (Å²) in [4.78, 5) is 12.4. The third-order valence-corrected chi connectivity index (χ3v) is 4.90. The molecule has 0 amide bonds. The minimum atomic E-state index is -0.640. The number of allylic oxidation sites excluding steroid dienone is 1. The molecular formula is C16H19BrFNO. The molecule has 0 aromatic heterocycles. The fourth-order valence-corrected chi connectivity index (χ4v) is 3.46. The van der Waals surface area contributed by atoms with Gasteiger partial charge >= 0.3 is 0 Å². The Hall–Kier alpha value is -1.000. The van der Waals surface area contributed by atoms with Gasteiger partial charge in [0.05, 0.1) is 26.1 Å². The fraction of sp³-hybridized carbons (Fsp3) is 0.438. The van der Waals surface area contributed by atoms with Crippen LogP contribution in [0, 0.1) is 5.82 Å². The van der Waals surface area contributed by atoms with Crippen LogP contribution in [0.3, 0.4) is 0 Å². The van der Waals surface area contributed by atoms with Crippen molar-refractivity contribution in [1.82, 2.24) is 0 Å². The van der Waals surface area contributed by atoms with Crippen LogP contribution in [0.4, 0.5) is 4.39 Å². The smallest absolute Gasteiger partial charge is 0.166 e. The Morgan fingerprint density at radius 3 is 2.70 bits per heavy atom. The Balaban J connectivity index is 0.00000147. The molecule has 0 unspecified atom stereocenters. The van der Waals surface area contributed by atoms with Gasteiger partial charge in [0, 0.05) is 18.4 Å². The van der Waals surface area contributed by atoms with Crippen molar-refractivity contribution in [2.24, 2.45) is 0 Å². The van der Waals surface area contributed by atoms with Crippen molar-refractivity contribution in [3.05, 3.63) is 47.8 Å².